The highest BCUT2D eigenvalue weighted by Crippen LogP contribution is 2.23. The molecule has 0 aliphatic carbocycles. The molecule has 1 aliphatic rings. The number of amides is 3. The standard InChI is InChI=1S/C20H22ClN3O3/c1-14(27-16-10-8-15(21)9-11-16)19(25)22-17-6-2-3-7-18(17)23-20(26)24-12-4-5-13-24/h2-3,6-11,14H,4-5,12-13H2,1H3,(H,22,25)(H,23,26). The highest BCUT2D eigenvalue weighted by Gasteiger charge is 2.20. The number of urea groups is 1. The van der Waals surface area contributed by atoms with Crippen LogP contribution in [0.1, 0.15) is 19.8 Å². The Balaban J connectivity index is 1.63. The van der Waals surface area contributed by atoms with Gasteiger partial charge in [-0.2, -0.15) is 0 Å². The van der Waals surface area contributed by atoms with Crippen molar-refractivity contribution in [2.45, 2.75) is 25.9 Å². The molecule has 1 heterocycles. The van der Waals surface area contributed by atoms with Crippen molar-refractivity contribution in [2.24, 2.45) is 0 Å². The number of hydrogen-bond donors (Lipinski definition) is 2. The molecule has 1 unspecified atom stereocenters. The van der Waals surface area contributed by atoms with Crippen molar-refractivity contribution in [3.8, 4) is 5.75 Å². The molecule has 7 heteroatoms. The van der Waals surface area contributed by atoms with Crippen molar-refractivity contribution in [1.29, 1.82) is 0 Å². The number of halogens is 1. The van der Waals surface area contributed by atoms with Crippen molar-refractivity contribution in [1.82, 2.24) is 4.90 Å². The molecule has 142 valence electrons. The lowest BCUT2D eigenvalue weighted by molar-refractivity contribution is -0.122. The van der Waals surface area contributed by atoms with E-state index in [9.17, 15) is 9.59 Å². The Bertz CT molecular complexity index is 804. The second-order valence-electron chi connectivity index (χ2n) is 6.37. The Morgan fingerprint density at radius 2 is 1.59 bits per heavy atom. The number of carbonyl (C=O) groups excluding carboxylic acids is 2. The number of nitrogens with one attached hydrogen (secondary N) is 2. The fourth-order valence-corrected chi connectivity index (χ4v) is 2.95. The van der Waals surface area contributed by atoms with Crippen LogP contribution >= 0.6 is 11.6 Å². The number of para-hydroxylation sites is 2. The van der Waals surface area contributed by atoms with Crippen LogP contribution in [0.25, 0.3) is 0 Å². The van der Waals surface area contributed by atoms with Crippen LogP contribution < -0.4 is 15.4 Å². The van der Waals surface area contributed by atoms with Gasteiger partial charge in [-0.25, -0.2) is 4.79 Å². The zero-order chi connectivity index (χ0) is 19.2. The first-order valence-electron chi connectivity index (χ1n) is 8.91. The van der Waals surface area contributed by atoms with E-state index in [0.717, 1.165) is 25.9 Å². The summed E-state index contributed by atoms with van der Waals surface area (Å²) in [6, 6.07) is 13.8. The molecule has 1 saturated heterocycles. The summed E-state index contributed by atoms with van der Waals surface area (Å²) in [5.41, 5.74) is 1.09. The van der Waals surface area contributed by atoms with E-state index in [1.165, 1.54) is 0 Å². The van der Waals surface area contributed by atoms with Crippen LogP contribution in [-0.2, 0) is 4.79 Å². The molecule has 2 aromatic rings. The average molecular weight is 388 g/mol. The fraction of sp³-hybridized carbons (Fsp3) is 0.300. The summed E-state index contributed by atoms with van der Waals surface area (Å²) in [5.74, 6) is 0.241. The molecule has 0 aromatic heterocycles. The van der Waals surface area contributed by atoms with Crippen LogP contribution in [0.2, 0.25) is 5.02 Å². The summed E-state index contributed by atoms with van der Waals surface area (Å²) < 4.78 is 5.64. The maximum Gasteiger partial charge on any atom is 0.321 e. The summed E-state index contributed by atoms with van der Waals surface area (Å²) in [4.78, 5) is 26.6. The number of likely N-dealkylation sites (tertiary alicyclic amines) is 1. The predicted molar refractivity (Wildman–Crippen MR) is 106 cm³/mol. The Labute approximate surface area is 163 Å². The van der Waals surface area contributed by atoms with E-state index < -0.39 is 6.10 Å². The second kappa shape index (κ2) is 8.77. The minimum Gasteiger partial charge on any atom is -0.481 e. The average Bonchev–Trinajstić information content (AvgIpc) is 3.20. The zero-order valence-corrected chi connectivity index (χ0v) is 15.8. The maximum absolute atomic E-state index is 12.5. The van der Waals surface area contributed by atoms with Crippen LogP contribution in [0.15, 0.2) is 48.5 Å². The van der Waals surface area contributed by atoms with Gasteiger partial charge in [0, 0.05) is 18.1 Å². The van der Waals surface area contributed by atoms with Gasteiger partial charge < -0.3 is 20.3 Å². The maximum atomic E-state index is 12.5. The van der Waals surface area contributed by atoms with E-state index in [1.807, 2.05) is 6.07 Å². The SMILES string of the molecule is CC(Oc1ccc(Cl)cc1)C(=O)Nc1ccccc1NC(=O)N1CCCC1. The van der Waals surface area contributed by atoms with Crippen molar-refractivity contribution < 1.29 is 14.3 Å². The fourth-order valence-electron chi connectivity index (χ4n) is 2.82. The summed E-state index contributed by atoms with van der Waals surface area (Å²) in [5, 5.41) is 6.28. The highest BCUT2D eigenvalue weighted by atomic mass is 35.5. The van der Waals surface area contributed by atoms with Crippen molar-refractivity contribution in [2.75, 3.05) is 23.7 Å². The summed E-state index contributed by atoms with van der Waals surface area (Å²) in [6.45, 7) is 3.17. The minimum atomic E-state index is -0.714. The molecule has 6 nitrogen and oxygen atoms in total. The van der Waals surface area contributed by atoms with Crippen LogP contribution in [-0.4, -0.2) is 36.0 Å². The number of ether oxygens (including phenoxy) is 1. The van der Waals surface area contributed by atoms with E-state index >= 15 is 0 Å². The smallest absolute Gasteiger partial charge is 0.321 e. The van der Waals surface area contributed by atoms with Crippen molar-refractivity contribution in [3.63, 3.8) is 0 Å². The monoisotopic (exact) mass is 387 g/mol. The largest absolute Gasteiger partial charge is 0.481 e. The number of benzene rings is 2. The Morgan fingerprint density at radius 1 is 1.00 bits per heavy atom. The van der Waals surface area contributed by atoms with Gasteiger partial charge in [0.05, 0.1) is 11.4 Å². The minimum absolute atomic E-state index is 0.153. The molecule has 2 aromatic carbocycles. The van der Waals surface area contributed by atoms with Gasteiger partial charge in [0.1, 0.15) is 5.75 Å². The van der Waals surface area contributed by atoms with Gasteiger partial charge in [-0.1, -0.05) is 23.7 Å². The summed E-state index contributed by atoms with van der Waals surface area (Å²) in [7, 11) is 0. The van der Waals surface area contributed by atoms with E-state index in [0.29, 0.717) is 22.1 Å². The van der Waals surface area contributed by atoms with E-state index in [4.69, 9.17) is 16.3 Å². The third kappa shape index (κ3) is 5.14. The normalized spacial score (nSPS) is 14.5. The van der Waals surface area contributed by atoms with Gasteiger partial charge in [0.15, 0.2) is 6.10 Å². The van der Waals surface area contributed by atoms with Crippen LogP contribution in [0.4, 0.5) is 16.2 Å². The quantitative estimate of drug-likeness (QED) is 0.800. The second-order valence-corrected chi connectivity index (χ2v) is 6.81. The van der Waals surface area contributed by atoms with Gasteiger partial charge in [-0.15, -0.1) is 0 Å². The molecule has 1 aliphatic heterocycles. The molecule has 0 radical (unpaired) electrons. The molecule has 0 spiro atoms. The van der Waals surface area contributed by atoms with Gasteiger partial charge in [-0.05, 0) is 56.2 Å². The first-order chi connectivity index (χ1) is 13.0. The molecule has 0 bridgehead atoms. The molecule has 2 N–H and O–H groups in total. The number of hydrogen-bond acceptors (Lipinski definition) is 3. The molecular weight excluding hydrogens is 366 g/mol. The lowest BCUT2D eigenvalue weighted by Crippen LogP contribution is -2.33. The molecular formula is C20H22ClN3O3. The molecule has 3 rings (SSSR count). The Kier molecular flexibility index (Phi) is 6.19. The summed E-state index contributed by atoms with van der Waals surface area (Å²) >= 11 is 5.85. The van der Waals surface area contributed by atoms with Crippen LogP contribution in [0.3, 0.4) is 0 Å². The predicted octanol–water partition coefficient (Wildman–Crippen LogP) is 4.37. The Morgan fingerprint density at radius 3 is 2.22 bits per heavy atom. The first kappa shape index (κ1) is 19.0. The van der Waals surface area contributed by atoms with Crippen LogP contribution in [0, 0.1) is 0 Å². The third-order valence-corrected chi connectivity index (χ3v) is 4.57. The summed E-state index contributed by atoms with van der Waals surface area (Å²) in [6.07, 6.45) is 1.32. The molecule has 3 amide bonds. The topological polar surface area (TPSA) is 70.7 Å². The van der Waals surface area contributed by atoms with E-state index in [1.54, 1.807) is 54.3 Å². The lowest BCUT2D eigenvalue weighted by Gasteiger charge is -2.19. The van der Waals surface area contributed by atoms with Gasteiger partial charge in [0.2, 0.25) is 0 Å². The third-order valence-electron chi connectivity index (χ3n) is 4.32. The number of nitrogens with zero attached hydrogens (tertiary/aromatic N) is 1. The Hall–Kier alpha value is -2.73. The molecule has 1 fully saturated rings. The zero-order valence-electron chi connectivity index (χ0n) is 15.1. The molecule has 0 saturated carbocycles. The van der Waals surface area contributed by atoms with Crippen molar-refractivity contribution in [3.05, 3.63) is 53.6 Å². The van der Waals surface area contributed by atoms with Crippen LogP contribution in [0.5, 0.6) is 5.75 Å². The number of carbonyl (C=O) groups is 2. The van der Waals surface area contributed by atoms with E-state index in [-0.39, 0.29) is 11.9 Å². The number of anilines is 2. The number of rotatable bonds is 5. The highest BCUT2D eigenvalue weighted by molar-refractivity contribution is 6.30. The van der Waals surface area contributed by atoms with Gasteiger partial charge in [-0.3, -0.25) is 4.79 Å². The molecule has 1 atom stereocenters. The van der Waals surface area contributed by atoms with Gasteiger partial charge in [0.25, 0.3) is 5.91 Å². The lowest BCUT2D eigenvalue weighted by atomic mass is 10.2. The van der Waals surface area contributed by atoms with E-state index in [2.05, 4.69) is 10.6 Å². The van der Waals surface area contributed by atoms with Gasteiger partial charge >= 0.3 is 6.03 Å². The molecule has 27 heavy (non-hydrogen) atoms. The van der Waals surface area contributed by atoms with Crippen molar-refractivity contribution >= 4 is 34.9 Å². The first-order valence-corrected chi connectivity index (χ1v) is 9.29.